The van der Waals surface area contributed by atoms with E-state index in [1.54, 1.807) is 30.5 Å². The first kappa shape index (κ1) is 15.0. The SMILES string of the molecule is C=CS(=O)(=O)CCC(=O)Nc1cccnc1-c1ccco1. The van der Waals surface area contributed by atoms with Crippen molar-refractivity contribution in [2.45, 2.75) is 6.42 Å². The summed E-state index contributed by atoms with van der Waals surface area (Å²) in [7, 11) is -3.39. The summed E-state index contributed by atoms with van der Waals surface area (Å²) in [4.78, 5) is 16.0. The molecule has 0 unspecified atom stereocenters. The van der Waals surface area contributed by atoms with E-state index in [0.717, 1.165) is 5.41 Å². The van der Waals surface area contributed by atoms with Crippen molar-refractivity contribution >= 4 is 21.4 Å². The Labute approximate surface area is 122 Å². The lowest BCUT2D eigenvalue weighted by Crippen LogP contribution is -2.16. The molecular formula is C14H14N2O4S. The van der Waals surface area contributed by atoms with E-state index in [1.165, 1.54) is 6.26 Å². The van der Waals surface area contributed by atoms with Gasteiger partial charge in [-0.15, -0.1) is 0 Å². The molecule has 0 saturated heterocycles. The largest absolute Gasteiger partial charge is 0.463 e. The van der Waals surface area contributed by atoms with Crippen LogP contribution in [-0.4, -0.2) is 25.1 Å². The standard InChI is InChI=1S/C14H14N2O4S/c1-2-21(18,19)10-7-13(17)16-11-5-3-8-15-14(11)12-6-4-9-20-12/h2-6,8-9H,1,7,10H2,(H,16,17). The third kappa shape index (κ3) is 4.03. The van der Waals surface area contributed by atoms with Crippen molar-refractivity contribution < 1.29 is 17.6 Å². The summed E-state index contributed by atoms with van der Waals surface area (Å²) in [5, 5.41) is 3.48. The van der Waals surface area contributed by atoms with Crippen molar-refractivity contribution in [3.8, 4) is 11.5 Å². The molecule has 1 N–H and O–H groups in total. The predicted molar refractivity (Wildman–Crippen MR) is 79.2 cm³/mol. The molecule has 2 rings (SSSR count). The van der Waals surface area contributed by atoms with Gasteiger partial charge >= 0.3 is 0 Å². The molecular weight excluding hydrogens is 292 g/mol. The van der Waals surface area contributed by atoms with E-state index < -0.39 is 15.7 Å². The summed E-state index contributed by atoms with van der Waals surface area (Å²) in [5.74, 6) is -0.176. The van der Waals surface area contributed by atoms with Crippen LogP contribution in [0.25, 0.3) is 11.5 Å². The predicted octanol–water partition coefficient (Wildman–Crippen LogP) is 2.23. The average Bonchev–Trinajstić information content (AvgIpc) is 3.00. The molecule has 0 aliphatic carbocycles. The third-order valence-corrected chi connectivity index (χ3v) is 3.98. The highest BCUT2D eigenvalue weighted by molar-refractivity contribution is 7.94. The third-order valence-electron chi connectivity index (χ3n) is 2.70. The average molecular weight is 306 g/mol. The fourth-order valence-electron chi connectivity index (χ4n) is 1.65. The Morgan fingerprint density at radius 1 is 1.38 bits per heavy atom. The van der Waals surface area contributed by atoms with Crippen molar-refractivity contribution in [3.05, 3.63) is 48.7 Å². The highest BCUT2D eigenvalue weighted by atomic mass is 32.2. The molecule has 0 atom stereocenters. The zero-order valence-electron chi connectivity index (χ0n) is 11.2. The van der Waals surface area contributed by atoms with E-state index in [4.69, 9.17) is 4.42 Å². The maximum Gasteiger partial charge on any atom is 0.225 e. The number of aromatic nitrogens is 1. The first-order valence-electron chi connectivity index (χ1n) is 6.16. The minimum atomic E-state index is -3.39. The van der Waals surface area contributed by atoms with Gasteiger partial charge in [0.05, 0.1) is 17.7 Å². The van der Waals surface area contributed by atoms with Crippen LogP contribution in [0.3, 0.4) is 0 Å². The van der Waals surface area contributed by atoms with Gasteiger partial charge in [-0.05, 0) is 24.3 Å². The molecule has 0 aliphatic heterocycles. The number of furan rings is 1. The number of pyridine rings is 1. The van der Waals surface area contributed by atoms with Crippen LogP contribution in [0.1, 0.15) is 6.42 Å². The van der Waals surface area contributed by atoms with Gasteiger partial charge in [-0.3, -0.25) is 9.78 Å². The van der Waals surface area contributed by atoms with Crippen molar-refractivity contribution in [2.24, 2.45) is 0 Å². The number of carbonyl (C=O) groups excluding carboxylic acids is 1. The monoisotopic (exact) mass is 306 g/mol. The van der Waals surface area contributed by atoms with E-state index in [2.05, 4.69) is 16.9 Å². The van der Waals surface area contributed by atoms with Crippen molar-refractivity contribution in [3.63, 3.8) is 0 Å². The molecule has 1 amide bonds. The number of nitrogens with zero attached hydrogens (tertiary/aromatic N) is 1. The van der Waals surface area contributed by atoms with E-state index in [0.29, 0.717) is 17.1 Å². The number of anilines is 1. The second kappa shape index (κ2) is 6.36. The fourth-order valence-corrected chi connectivity index (χ4v) is 2.28. The van der Waals surface area contributed by atoms with Crippen molar-refractivity contribution in [1.82, 2.24) is 4.98 Å². The Morgan fingerprint density at radius 3 is 2.86 bits per heavy atom. The number of sulfone groups is 1. The second-order valence-corrected chi connectivity index (χ2v) is 6.28. The van der Waals surface area contributed by atoms with Crippen LogP contribution in [0.15, 0.2) is 53.1 Å². The minimum absolute atomic E-state index is 0.152. The number of carbonyl (C=O) groups is 1. The molecule has 110 valence electrons. The Morgan fingerprint density at radius 2 is 2.19 bits per heavy atom. The van der Waals surface area contributed by atoms with Crippen LogP contribution in [-0.2, 0) is 14.6 Å². The number of hydrogen-bond donors (Lipinski definition) is 1. The molecule has 2 heterocycles. The molecule has 0 spiro atoms. The molecule has 0 bridgehead atoms. The van der Waals surface area contributed by atoms with Gasteiger partial charge in [0.2, 0.25) is 5.91 Å². The summed E-state index contributed by atoms with van der Waals surface area (Å²) < 4.78 is 27.8. The van der Waals surface area contributed by atoms with Crippen LogP contribution in [0.5, 0.6) is 0 Å². The lowest BCUT2D eigenvalue weighted by Gasteiger charge is -2.08. The van der Waals surface area contributed by atoms with E-state index in [-0.39, 0.29) is 12.2 Å². The zero-order valence-corrected chi connectivity index (χ0v) is 12.0. The summed E-state index contributed by atoms with van der Waals surface area (Å²) in [6.45, 7) is 3.20. The Bertz CT molecular complexity index is 736. The van der Waals surface area contributed by atoms with Crippen LogP contribution >= 0.6 is 0 Å². The molecule has 21 heavy (non-hydrogen) atoms. The first-order valence-corrected chi connectivity index (χ1v) is 7.87. The van der Waals surface area contributed by atoms with E-state index >= 15 is 0 Å². The normalized spacial score (nSPS) is 11.0. The van der Waals surface area contributed by atoms with Crippen LogP contribution in [0.4, 0.5) is 5.69 Å². The van der Waals surface area contributed by atoms with Gasteiger partial charge in [0, 0.05) is 18.0 Å². The molecule has 0 aromatic carbocycles. The Balaban J connectivity index is 2.10. The first-order chi connectivity index (χ1) is 10.0. The molecule has 7 heteroatoms. The fraction of sp³-hybridized carbons (Fsp3) is 0.143. The van der Waals surface area contributed by atoms with Gasteiger partial charge in [0.1, 0.15) is 5.69 Å². The molecule has 2 aromatic heterocycles. The van der Waals surface area contributed by atoms with Gasteiger partial charge in [0.15, 0.2) is 15.6 Å². The molecule has 0 saturated carbocycles. The highest BCUT2D eigenvalue weighted by Gasteiger charge is 2.13. The lowest BCUT2D eigenvalue weighted by atomic mass is 10.2. The molecule has 0 aliphatic rings. The van der Waals surface area contributed by atoms with Crippen LogP contribution in [0, 0.1) is 0 Å². The van der Waals surface area contributed by atoms with E-state index in [9.17, 15) is 13.2 Å². The molecule has 6 nitrogen and oxygen atoms in total. The quantitative estimate of drug-likeness (QED) is 0.884. The summed E-state index contributed by atoms with van der Waals surface area (Å²) in [6.07, 6.45) is 2.93. The second-order valence-electron chi connectivity index (χ2n) is 4.21. The van der Waals surface area contributed by atoms with Gasteiger partial charge < -0.3 is 9.73 Å². The number of nitrogens with one attached hydrogen (secondary N) is 1. The molecule has 0 fully saturated rings. The maximum atomic E-state index is 11.8. The van der Waals surface area contributed by atoms with Crippen molar-refractivity contribution in [2.75, 3.05) is 11.1 Å². The summed E-state index contributed by atoms with van der Waals surface area (Å²) in [6, 6.07) is 6.78. The van der Waals surface area contributed by atoms with E-state index in [1.807, 2.05) is 0 Å². The molecule has 2 aromatic rings. The number of hydrogen-bond acceptors (Lipinski definition) is 5. The minimum Gasteiger partial charge on any atom is -0.463 e. The topological polar surface area (TPSA) is 89.3 Å². The Kier molecular flexibility index (Phi) is 4.54. The highest BCUT2D eigenvalue weighted by Crippen LogP contribution is 2.25. The van der Waals surface area contributed by atoms with Gasteiger partial charge in [0.25, 0.3) is 0 Å². The number of amides is 1. The maximum absolute atomic E-state index is 11.8. The smallest absolute Gasteiger partial charge is 0.225 e. The zero-order chi connectivity index (χ0) is 15.3. The molecule has 0 radical (unpaired) electrons. The summed E-state index contributed by atoms with van der Waals surface area (Å²) in [5.41, 5.74) is 0.955. The van der Waals surface area contributed by atoms with Crippen molar-refractivity contribution in [1.29, 1.82) is 0 Å². The van der Waals surface area contributed by atoms with Gasteiger partial charge in [-0.25, -0.2) is 8.42 Å². The Hall–Kier alpha value is -2.41. The lowest BCUT2D eigenvalue weighted by molar-refractivity contribution is -0.115. The van der Waals surface area contributed by atoms with Crippen LogP contribution in [0.2, 0.25) is 0 Å². The van der Waals surface area contributed by atoms with Crippen LogP contribution < -0.4 is 5.32 Å². The van der Waals surface area contributed by atoms with Gasteiger partial charge in [-0.1, -0.05) is 6.58 Å². The van der Waals surface area contributed by atoms with Gasteiger partial charge in [-0.2, -0.15) is 0 Å². The summed E-state index contributed by atoms with van der Waals surface area (Å²) >= 11 is 0. The number of rotatable bonds is 6.